The van der Waals surface area contributed by atoms with Crippen molar-refractivity contribution in [3.63, 3.8) is 0 Å². The van der Waals surface area contributed by atoms with Crippen LogP contribution in [0.4, 0.5) is 0 Å². The first-order chi connectivity index (χ1) is 15.4. The molecule has 6 nitrogen and oxygen atoms in total. The van der Waals surface area contributed by atoms with Crippen molar-refractivity contribution < 1.29 is 19.1 Å². The first-order valence-corrected chi connectivity index (χ1v) is 10.9. The number of imide groups is 1. The lowest BCUT2D eigenvalue weighted by molar-refractivity contribution is -0.138. The lowest BCUT2D eigenvalue weighted by atomic mass is 9.97. The summed E-state index contributed by atoms with van der Waals surface area (Å²) < 4.78 is 10.5. The molecule has 0 bridgehead atoms. The Labute approximate surface area is 194 Å². The summed E-state index contributed by atoms with van der Waals surface area (Å²) in [5.41, 5.74) is 4.29. The fourth-order valence-corrected chi connectivity index (χ4v) is 4.07. The highest BCUT2D eigenvalue weighted by molar-refractivity contribution is 6.36. The predicted molar refractivity (Wildman–Crippen MR) is 125 cm³/mol. The van der Waals surface area contributed by atoms with Crippen LogP contribution >= 0.6 is 11.6 Å². The summed E-state index contributed by atoms with van der Waals surface area (Å²) in [5.74, 6) is -0.659. The maximum atomic E-state index is 13.6. The third kappa shape index (κ3) is 5.04. The van der Waals surface area contributed by atoms with Crippen molar-refractivity contribution >= 4 is 29.0 Å². The molecule has 0 saturated carbocycles. The second-order valence-corrected chi connectivity index (χ2v) is 8.21. The van der Waals surface area contributed by atoms with E-state index in [9.17, 15) is 9.59 Å². The Hall–Kier alpha value is -2.67. The fourth-order valence-electron chi connectivity index (χ4n) is 3.87. The number of aryl methyl sites for hydroxylation is 2. The molecule has 2 aromatic rings. The number of amides is 2. The van der Waals surface area contributed by atoms with Gasteiger partial charge in [0, 0.05) is 32.3 Å². The van der Waals surface area contributed by atoms with Gasteiger partial charge in [-0.15, -0.1) is 0 Å². The number of nitrogens with zero attached hydrogens (tertiary/aromatic N) is 2. The van der Waals surface area contributed by atoms with E-state index in [1.54, 1.807) is 20.3 Å². The molecule has 0 atom stereocenters. The molecule has 1 heterocycles. The number of rotatable bonds is 10. The zero-order valence-electron chi connectivity index (χ0n) is 19.0. The molecule has 0 aromatic heterocycles. The van der Waals surface area contributed by atoms with Crippen LogP contribution in [0.2, 0.25) is 5.02 Å². The van der Waals surface area contributed by atoms with Crippen LogP contribution in [-0.2, 0) is 25.6 Å². The summed E-state index contributed by atoms with van der Waals surface area (Å²) in [6, 6.07) is 13.1. The lowest BCUT2D eigenvalue weighted by Gasteiger charge is -2.26. The smallest absolute Gasteiger partial charge is 0.278 e. The van der Waals surface area contributed by atoms with E-state index in [1.807, 2.05) is 55.1 Å². The van der Waals surface area contributed by atoms with E-state index in [-0.39, 0.29) is 18.4 Å². The molecule has 2 amide bonds. The quantitative estimate of drug-likeness (QED) is 0.508. The molecule has 7 heteroatoms. The van der Waals surface area contributed by atoms with Gasteiger partial charge in [0.25, 0.3) is 11.8 Å². The first kappa shape index (κ1) is 24.0. The van der Waals surface area contributed by atoms with E-state index in [1.165, 1.54) is 4.90 Å². The van der Waals surface area contributed by atoms with Gasteiger partial charge in [-0.2, -0.15) is 0 Å². The van der Waals surface area contributed by atoms with Crippen molar-refractivity contribution in [2.75, 3.05) is 40.5 Å². The normalized spacial score (nSPS) is 14.0. The number of hydrogen-bond acceptors (Lipinski definition) is 5. The van der Waals surface area contributed by atoms with Crippen LogP contribution in [0, 0.1) is 13.8 Å². The number of halogens is 1. The average Bonchev–Trinajstić information content (AvgIpc) is 3.00. The minimum atomic E-state index is -0.336. The van der Waals surface area contributed by atoms with Crippen LogP contribution in [0.5, 0.6) is 0 Å². The second-order valence-electron chi connectivity index (χ2n) is 7.80. The molecule has 0 radical (unpaired) electrons. The van der Waals surface area contributed by atoms with Gasteiger partial charge in [-0.1, -0.05) is 53.6 Å². The predicted octanol–water partition coefficient (Wildman–Crippen LogP) is 3.83. The minimum absolute atomic E-state index is 0.109. The van der Waals surface area contributed by atoms with Gasteiger partial charge >= 0.3 is 0 Å². The SMILES string of the molecule is COCCN(CCOC)C1=C(c2ccc(C)cc2C)C(=O)N(Cc2ccccc2Cl)C1=O. The molecule has 0 spiro atoms. The molecule has 0 saturated heterocycles. The van der Waals surface area contributed by atoms with E-state index >= 15 is 0 Å². The largest absolute Gasteiger partial charge is 0.383 e. The summed E-state index contributed by atoms with van der Waals surface area (Å²) in [5, 5.41) is 0.519. The van der Waals surface area contributed by atoms with Crippen molar-refractivity contribution in [1.29, 1.82) is 0 Å². The monoisotopic (exact) mass is 456 g/mol. The van der Waals surface area contributed by atoms with Gasteiger partial charge in [0.2, 0.25) is 0 Å². The van der Waals surface area contributed by atoms with Crippen molar-refractivity contribution in [3.8, 4) is 0 Å². The Morgan fingerprint density at radius 2 is 1.59 bits per heavy atom. The van der Waals surface area contributed by atoms with E-state index in [0.29, 0.717) is 42.6 Å². The van der Waals surface area contributed by atoms with Gasteiger partial charge in [-0.05, 0) is 36.6 Å². The average molecular weight is 457 g/mol. The van der Waals surface area contributed by atoms with Gasteiger partial charge < -0.3 is 14.4 Å². The highest BCUT2D eigenvalue weighted by atomic mass is 35.5. The maximum absolute atomic E-state index is 13.6. The summed E-state index contributed by atoms with van der Waals surface area (Å²) in [7, 11) is 3.22. The third-order valence-electron chi connectivity index (χ3n) is 5.53. The van der Waals surface area contributed by atoms with Crippen LogP contribution in [0.15, 0.2) is 48.2 Å². The highest BCUT2D eigenvalue weighted by Gasteiger charge is 2.42. The van der Waals surface area contributed by atoms with Crippen molar-refractivity contribution in [2.45, 2.75) is 20.4 Å². The van der Waals surface area contributed by atoms with Crippen LogP contribution in [0.3, 0.4) is 0 Å². The zero-order chi connectivity index (χ0) is 23.3. The Kier molecular flexibility index (Phi) is 8.07. The number of carbonyl (C=O) groups is 2. The third-order valence-corrected chi connectivity index (χ3v) is 5.90. The number of carbonyl (C=O) groups excluding carboxylic acids is 2. The van der Waals surface area contributed by atoms with Gasteiger partial charge in [0.05, 0.1) is 25.3 Å². The van der Waals surface area contributed by atoms with E-state index < -0.39 is 0 Å². The second kappa shape index (κ2) is 10.8. The molecule has 0 aliphatic carbocycles. The van der Waals surface area contributed by atoms with E-state index in [4.69, 9.17) is 21.1 Å². The van der Waals surface area contributed by atoms with Gasteiger partial charge in [0.15, 0.2) is 0 Å². The molecule has 1 aliphatic rings. The topological polar surface area (TPSA) is 59.1 Å². The van der Waals surface area contributed by atoms with Crippen molar-refractivity contribution in [2.24, 2.45) is 0 Å². The molecule has 32 heavy (non-hydrogen) atoms. The lowest BCUT2D eigenvalue weighted by Crippen LogP contribution is -2.37. The van der Waals surface area contributed by atoms with Crippen LogP contribution in [-0.4, -0.2) is 62.1 Å². The van der Waals surface area contributed by atoms with E-state index in [0.717, 1.165) is 22.3 Å². The molecule has 2 aromatic carbocycles. The number of benzene rings is 2. The minimum Gasteiger partial charge on any atom is -0.383 e. The molecule has 170 valence electrons. The van der Waals surface area contributed by atoms with Crippen molar-refractivity contribution in [1.82, 2.24) is 9.80 Å². The zero-order valence-corrected chi connectivity index (χ0v) is 19.7. The van der Waals surface area contributed by atoms with Gasteiger partial charge in [0.1, 0.15) is 5.70 Å². The van der Waals surface area contributed by atoms with Crippen LogP contribution in [0.1, 0.15) is 22.3 Å². The van der Waals surface area contributed by atoms with E-state index in [2.05, 4.69) is 0 Å². The summed E-state index contributed by atoms with van der Waals surface area (Å²) >= 11 is 6.32. The molecular formula is C25H29ClN2O4. The van der Waals surface area contributed by atoms with Crippen LogP contribution < -0.4 is 0 Å². The Bertz CT molecular complexity index is 1030. The molecule has 1 aliphatic heterocycles. The Morgan fingerprint density at radius 3 is 2.19 bits per heavy atom. The fraction of sp³-hybridized carbons (Fsp3) is 0.360. The highest BCUT2D eigenvalue weighted by Crippen LogP contribution is 2.35. The summed E-state index contributed by atoms with van der Waals surface area (Å²) in [6.07, 6.45) is 0. The Morgan fingerprint density at radius 1 is 0.938 bits per heavy atom. The standard InChI is InChI=1S/C25H29ClN2O4/c1-17-9-10-20(18(2)15-17)22-23(27(11-13-31-3)12-14-32-4)25(30)28(24(22)29)16-19-7-5-6-8-21(19)26/h5-10,15H,11-14,16H2,1-4H3. The first-order valence-electron chi connectivity index (χ1n) is 10.5. The number of hydrogen-bond donors (Lipinski definition) is 0. The molecule has 0 unspecified atom stereocenters. The molecular weight excluding hydrogens is 428 g/mol. The number of ether oxygens (including phenoxy) is 2. The number of methoxy groups -OCH3 is 2. The van der Waals surface area contributed by atoms with Gasteiger partial charge in [-0.25, -0.2) is 0 Å². The Balaban J connectivity index is 2.10. The molecule has 3 rings (SSSR count). The molecule has 0 fully saturated rings. The summed E-state index contributed by atoms with van der Waals surface area (Å²) in [6.45, 7) is 5.82. The van der Waals surface area contributed by atoms with Crippen LogP contribution in [0.25, 0.3) is 5.57 Å². The van der Waals surface area contributed by atoms with Crippen molar-refractivity contribution in [3.05, 3.63) is 75.4 Å². The van der Waals surface area contributed by atoms with Gasteiger partial charge in [-0.3, -0.25) is 14.5 Å². The summed E-state index contributed by atoms with van der Waals surface area (Å²) in [4.78, 5) is 30.4. The molecule has 0 N–H and O–H groups in total. The maximum Gasteiger partial charge on any atom is 0.278 e.